The number of anilines is 2. The normalized spacial score (nSPS) is 21.4. The molecule has 5 aliphatic heterocycles. The molecule has 0 bridgehead atoms. The van der Waals surface area contributed by atoms with Gasteiger partial charge in [-0.3, -0.25) is 14.7 Å². The highest BCUT2D eigenvalue weighted by Gasteiger charge is 2.52. The summed E-state index contributed by atoms with van der Waals surface area (Å²) in [6, 6.07) is 27.4. The third kappa shape index (κ3) is 5.79. The zero-order valence-corrected chi connectivity index (χ0v) is 29.0. The molecule has 5 heterocycles. The van der Waals surface area contributed by atoms with Crippen molar-refractivity contribution in [2.75, 3.05) is 44.5 Å². The number of phenols is 1. The second-order valence-electron chi connectivity index (χ2n) is 13.6. The number of morpholine rings is 1. The second kappa shape index (κ2) is 13.5. The van der Waals surface area contributed by atoms with Gasteiger partial charge in [0.2, 0.25) is 6.79 Å². The maximum absolute atomic E-state index is 15.5. The molecule has 0 saturated carbocycles. The molecule has 0 aromatic heterocycles. The number of nitrogens with zero attached hydrogens (tertiary/aromatic N) is 5. The van der Waals surface area contributed by atoms with E-state index >= 15 is 9.59 Å². The number of phenolic OH excluding ortho intramolecular Hbond substituents is 1. The minimum Gasteiger partial charge on any atom is -0.508 e. The van der Waals surface area contributed by atoms with Crippen LogP contribution in [0.2, 0.25) is 0 Å². The monoisotopic (exact) mass is 708 g/mol. The van der Waals surface area contributed by atoms with Gasteiger partial charge in [0, 0.05) is 44.4 Å². The molecule has 0 radical (unpaired) electrons. The van der Waals surface area contributed by atoms with Gasteiger partial charge in [0.05, 0.1) is 48.1 Å². The molecule has 1 saturated heterocycles. The molecule has 1 N–H and O–H groups in total. The van der Waals surface area contributed by atoms with Gasteiger partial charge in [-0.15, -0.1) is 4.48 Å². The maximum atomic E-state index is 15.5. The van der Waals surface area contributed by atoms with Gasteiger partial charge in [-0.25, -0.2) is 9.69 Å². The quantitative estimate of drug-likeness (QED) is 0.226. The van der Waals surface area contributed by atoms with Crippen LogP contribution in [-0.2, 0) is 17.7 Å². The number of aromatic hydroxyl groups is 1. The van der Waals surface area contributed by atoms with Crippen LogP contribution >= 0.6 is 0 Å². The number of urea groups is 1. The first-order chi connectivity index (χ1) is 26.0. The lowest BCUT2D eigenvalue weighted by Gasteiger charge is -2.41. The zero-order valence-electron chi connectivity index (χ0n) is 29.0. The fourth-order valence-electron chi connectivity index (χ4n) is 7.92. The lowest BCUT2D eigenvalue weighted by Crippen LogP contribution is -2.53. The SMILES string of the molecule is O=C(c1cc2c(cc1C1=CC=C3C=NC=C[N+]31C(=O)N(c1ccccc1)c1ccc(O)cc1)OCO2)N1Cc2ccccc2C[C@H]1CN1CCOCC1. The van der Waals surface area contributed by atoms with Crippen LogP contribution in [-0.4, -0.2) is 83.2 Å². The number of hydrogen-bond acceptors (Lipinski definition) is 8. The highest BCUT2D eigenvalue weighted by molar-refractivity contribution is 6.05. The number of aliphatic imine (C=N–C) groups is 1. The van der Waals surface area contributed by atoms with E-state index in [1.165, 1.54) is 5.56 Å². The van der Waals surface area contributed by atoms with E-state index in [9.17, 15) is 5.11 Å². The van der Waals surface area contributed by atoms with Crippen molar-refractivity contribution in [3.05, 3.63) is 143 Å². The Bertz CT molecular complexity index is 2210. The standard InChI is InChI=1S/C42H37N5O6/c48-35-13-10-32(11-14-35)46(31-8-2-1-3-9-31)42(50)47-19-16-43-25-34(47)12-15-38(47)36-23-39-40(53-28-52-39)24-37(36)41(49)45-26-30-7-5-4-6-29(30)22-33(45)27-44-17-20-51-21-18-44/h1-16,19,23-25,33H,17-18,20-22,26-28H2/p+1/t33-,47?/m0/s1. The minimum atomic E-state index is -0.376. The number of para-hydroxylation sites is 1. The van der Waals surface area contributed by atoms with Crippen molar-refractivity contribution in [3.63, 3.8) is 0 Å². The number of allylic oxidation sites excluding steroid dienone is 3. The van der Waals surface area contributed by atoms with Crippen LogP contribution in [0.5, 0.6) is 17.2 Å². The summed E-state index contributed by atoms with van der Waals surface area (Å²) in [5, 5.41) is 10.1. The Morgan fingerprint density at radius 3 is 2.38 bits per heavy atom. The lowest BCUT2D eigenvalue weighted by molar-refractivity contribution is -0.665. The van der Waals surface area contributed by atoms with Crippen LogP contribution in [0.1, 0.15) is 27.0 Å². The molecule has 0 aliphatic carbocycles. The molecule has 9 rings (SSSR count). The van der Waals surface area contributed by atoms with E-state index in [1.54, 1.807) is 53.8 Å². The van der Waals surface area contributed by atoms with Crippen LogP contribution in [0, 0.1) is 0 Å². The van der Waals surface area contributed by atoms with E-state index in [0.29, 0.717) is 71.7 Å². The van der Waals surface area contributed by atoms with E-state index < -0.39 is 0 Å². The number of carbonyl (C=O) groups excluding carboxylic acids is 2. The molecular formula is C42H38N5O6+. The van der Waals surface area contributed by atoms with E-state index in [0.717, 1.165) is 25.1 Å². The van der Waals surface area contributed by atoms with Gasteiger partial charge in [-0.05, 0) is 66.1 Å². The number of rotatable bonds is 6. The number of benzene rings is 4. The Labute approximate surface area is 307 Å². The van der Waals surface area contributed by atoms with Crippen molar-refractivity contribution >= 4 is 35.2 Å². The van der Waals surface area contributed by atoms with Crippen molar-refractivity contribution in [2.45, 2.75) is 19.0 Å². The predicted molar refractivity (Wildman–Crippen MR) is 200 cm³/mol. The summed E-state index contributed by atoms with van der Waals surface area (Å²) < 4.78 is 17.0. The van der Waals surface area contributed by atoms with Gasteiger partial charge >= 0.3 is 6.03 Å². The third-order valence-electron chi connectivity index (χ3n) is 10.6. The molecule has 5 aliphatic rings. The lowest BCUT2D eigenvalue weighted by atomic mass is 9.91. The van der Waals surface area contributed by atoms with Crippen molar-refractivity contribution < 1.29 is 33.4 Å². The zero-order chi connectivity index (χ0) is 35.9. The van der Waals surface area contributed by atoms with Crippen LogP contribution in [0.4, 0.5) is 16.2 Å². The molecule has 3 amide bonds. The Morgan fingerprint density at radius 1 is 0.868 bits per heavy atom. The number of amides is 3. The van der Waals surface area contributed by atoms with Crippen molar-refractivity contribution in [1.29, 1.82) is 0 Å². The smallest absolute Gasteiger partial charge is 0.443 e. The summed E-state index contributed by atoms with van der Waals surface area (Å²) in [7, 11) is 0. The number of carbonyl (C=O) groups is 2. The summed E-state index contributed by atoms with van der Waals surface area (Å²) in [5.74, 6) is 0.914. The molecule has 266 valence electrons. The molecule has 53 heavy (non-hydrogen) atoms. The maximum Gasteiger partial charge on any atom is 0.443 e. The average Bonchev–Trinajstić information content (AvgIpc) is 3.83. The summed E-state index contributed by atoms with van der Waals surface area (Å²) in [6.45, 7) is 4.16. The summed E-state index contributed by atoms with van der Waals surface area (Å²) in [5.41, 5.74) is 5.71. The van der Waals surface area contributed by atoms with E-state index in [4.69, 9.17) is 14.2 Å². The van der Waals surface area contributed by atoms with Gasteiger partial charge < -0.3 is 24.2 Å². The summed E-state index contributed by atoms with van der Waals surface area (Å²) in [6.07, 6.45) is 9.53. The topological polar surface area (TPSA) is 104 Å². The largest absolute Gasteiger partial charge is 0.508 e. The van der Waals surface area contributed by atoms with Crippen molar-refractivity contribution in [1.82, 2.24) is 9.80 Å². The van der Waals surface area contributed by atoms with Crippen LogP contribution in [0.15, 0.2) is 126 Å². The van der Waals surface area contributed by atoms with Gasteiger partial charge in [-0.1, -0.05) is 42.5 Å². The first-order valence-electron chi connectivity index (χ1n) is 17.8. The fourth-order valence-corrected chi connectivity index (χ4v) is 7.92. The Balaban J connectivity index is 1.16. The Kier molecular flexibility index (Phi) is 8.38. The van der Waals surface area contributed by atoms with Gasteiger partial charge in [0.1, 0.15) is 11.9 Å². The first-order valence-corrected chi connectivity index (χ1v) is 17.8. The third-order valence-corrected chi connectivity index (χ3v) is 10.6. The van der Waals surface area contributed by atoms with Crippen molar-refractivity contribution in [2.24, 2.45) is 4.99 Å². The molecular weight excluding hydrogens is 670 g/mol. The minimum absolute atomic E-state index is 0.0276. The molecule has 2 atom stereocenters. The molecule has 0 spiro atoms. The van der Waals surface area contributed by atoms with Crippen molar-refractivity contribution in [3.8, 4) is 17.2 Å². The molecule has 1 unspecified atom stereocenters. The van der Waals surface area contributed by atoms with E-state index in [-0.39, 0.29) is 35.0 Å². The molecule has 1 fully saturated rings. The average molecular weight is 709 g/mol. The van der Waals surface area contributed by atoms with Gasteiger partial charge in [-0.2, -0.15) is 0 Å². The number of hydrogen-bond donors (Lipinski definition) is 1. The first kappa shape index (κ1) is 32.9. The van der Waals surface area contributed by atoms with E-state index in [2.05, 4.69) is 28.1 Å². The molecule has 4 aromatic rings. The second-order valence-corrected chi connectivity index (χ2v) is 13.6. The number of quaternary nitrogens is 1. The molecule has 4 aromatic carbocycles. The number of fused-ring (bicyclic) bond motifs is 3. The molecule has 11 nitrogen and oxygen atoms in total. The predicted octanol–water partition coefficient (Wildman–Crippen LogP) is 6.59. The van der Waals surface area contributed by atoms with Gasteiger partial charge in [0.15, 0.2) is 22.9 Å². The number of ether oxygens (including phenoxy) is 3. The van der Waals surface area contributed by atoms with E-state index in [1.807, 2.05) is 59.5 Å². The Hall–Kier alpha value is -6.01. The van der Waals surface area contributed by atoms with Crippen LogP contribution < -0.4 is 14.4 Å². The molecule has 11 heteroatoms. The van der Waals surface area contributed by atoms with Crippen LogP contribution in [0.25, 0.3) is 5.70 Å². The Morgan fingerprint density at radius 2 is 1.58 bits per heavy atom. The summed E-state index contributed by atoms with van der Waals surface area (Å²) in [4.78, 5) is 41.1. The van der Waals surface area contributed by atoms with Crippen LogP contribution in [0.3, 0.4) is 0 Å². The highest BCUT2D eigenvalue weighted by Crippen LogP contribution is 2.47. The van der Waals surface area contributed by atoms with Gasteiger partial charge in [0.25, 0.3) is 5.91 Å². The summed E-state index contributed by atoms with van der Waals surface area (Å²) >= 11 is 0. The highest BCUT2D eigenvalue weighted by atomic mass is 16.7. The fraction of sp³-hybridized carbons (Fsp3) is 0.214.